The van der Waals surface area contributed by atoms with Crippen molar-refractivity contribution in [1.82, 2.24) is 15.3 Å². The summed E-state index contributed by atoms with van der Waals surface area (Å²) in [4.78, 5) is 20.0. The summed E-state index contributed by atoms with van der Waals surface area (Å²) >= 11 is 0. The molecule has 6 nitrogen and oxygen atoms in total. The maximum absolute atomic E-state index is 12.5. The summed E-state index contributed by atoms with van der Waals surface area (Å²) in [6.45, 7) is 0.543. The number of pyridine rings is 1. The number of para-hydroxylation sites is 1. The van der Waals surface area contributed by atoms with Gasteiger partial charge in [-0.15, -0.1) is 0 Å². The molecule has 4 rings (SSSR count). The lowest BCUT2D eigenvalue weighted by Crippen LogP contribution is -2.25. The number of aromatic nitrogens is 2. The summed E-state index contributed by atoms with van der Waals surface area (Å²) in [7, 11) is 0. The summed E-state index contributed by atoms with van der Waals surface area (Å²) in [6, 6.07) is 20.7. The minimum Gasteiger partial charge on any atom is -0.361 e. The first-order chi connectivity index (χ1) is 14.2. The van der Waals surface area contributed by atoms with E-state index in [2.05, 4.69) is 32.7 Å². The van der Waals surface area contributed by atoms with E-state index in [0.29, 0.717) is 23.5 Å². The predicted molar refractivity (Wildman–Crippen MR) is 113 cm³/mol. The standard InChI is InChI=1S/C23H19N5O/c24-14-16-5-7-19(8-6-16)28-22-13-17(9-11-25-22)23(29)26-12-10-18-15-27-21-4-2-1-3-20(18)21/h1-9,11,13,15,27H,10,12H2,(H,25,28)(H,26,29). The number of aromatic amines is 1. The highest BCUT2D eigenvalue weighted by molar-refractivity contribution is 5.95. The maximum Gasteiger partial charge on any atom is 0.251 e. The van der Waals surface area contributed by atoms with Crippen molar-refractivity contribution in [2.24, 2.45) is 0 Å². The zero-order valence-electron chi connectivity index (χ0n) is 15.6. The van der Waals surface area contributed by atoms with Gasteiger partial charge in [-0.2, -0.15) is 5.26 Å². The Balaban J connectivity index is 1.37. The Morgan fingerprint density at radius 3 is 2.76 bits per heavy atom. The molecule has 2 heterocycles. The Morgan fingerprint density at radius 1 is 1.10 bits per heavy atom. The number of nitrogens with zero attached hydrogens (tertiary/aromatic N) is 2. The second-order valence-corrected chi connectivity index (χ2v) is 6.61. The molecule has 29 heavy (non-hydrogen) atoms. The average molecular weight is 381 g/mol. The fourth-order valence-corrected chi connectivity index (χ4v) is 3.17. The van der Waals surface area contributed by atoms with Crippen LogP contribution in [0.3, 0.4) is 0 Å². The van der Waals surface area contributed by atoms with Crippen LogP contribution in [0.4, 0.5) is 11.5 Å². The van der Waals surface area contributed by atoms with Crippen LogP contribution >= 0.6 is 0 Å². The van der Waals surface area contributed by atoms with Crippen LogP contribution in [0.15, 0.2) is 73.1 Å². The van der Waals surface area contributed by atoms with Gasteiger partial charge in [-0.3, -0.25) is 4.79 Å². The fraction of sp³-hybridized carbons (Fsp3) is 0.0870. The molecule has 2 aromatic heterocycles. The SMILES string of the molecule is N#Cc1ccc(Nc2cc(C(=O)NCCc3c[nH]c4ccccc34)ccn2)cc1. The van der Waals surface area contributed by atoms with Gasteiger partial charge in [0.05, 0.1) is 11.6 Å². The molecule has 2 aromatic carbocycles. The fourth-order valence-electron chi connectivity index (χ4n) is 3.17. The largest absolute Gasteiger partial charge is 0.361 e. The maximum atomic E-state index is 12.5. The van der Waals surface area contributed by atoms with Gasteiger partial charge < -0.3 is 15.6 Å². The predicted octanol–water partition coefficient (Wildman–Crippen LogP) is 4.15. The lowest BCUT2D eigenvalue weighted by molar-refractivity contribution is 0.0954. The highest BCUT2D eigenvalue weighted by Gasteiger charge is 2.08. The van der Waals surface area contributed by atoms with E-state index < -0.39 is 0 Å². The number of carbonyl (C=O) groups excluding carboxylic acids is 1. The first-order valence-corrected chi connectivity index (χ1v) is 9.29. The third-order valence-corrected chi connectivity index (χ3v) is 4.66. The van der Waals surface area contributed by atoms with Crippen LogP contribution in [0, 0.1) is 11.3 Å². The molecule has 0 saturated heterocycles. The lowest BCUT2D eigenvalue weighted by Gasteiger charge is -2.08. The normalized spacial score (nSPS) is 10.4. The number of hydrogen-bond donors (Lipinski definition) is 3. The van der Waals surface area contributed by atoms with Gasteiger partial charge in [-0.25, -0.2) is 4.98 Å². The van der Waals surface area contributed by atoms with E-state index in [1.807, 2.05) is 24.4 Å². The van der Waals surface area contributed by atoms with E-state index in [1.54, 1.807) is 42.6 Å². The molecule has 0 spiro atoms. The first-order valence-electron chi connectivity index (χ1n) is 9.29. The molecular weight excluding hydrogens is 362 g/mol. The molecule has 0 unspecified atom stereocenters. The van der Waals surface area contributed by atoms with Crippen LogP contribution < -0.4 is 10.6 Å². The number of hydrogen-bond acceptors (Lipinski definition) is 4. The van der Waals surface area contributed by atoms with Crippen molar-refractivity contribution in [3.8, 4) is 6.07 Å². The van der Waals surface area contributed by atoms with Crippen molar-refractivity contribution in [3.05, 3.63) is 89.7 Å². The number of nitrogens with one attached hydrogen (secondary N) is 3. The number of benzene rings is 2. The molecule has 142 valence electrons. The van der Waals surface area contributed by atoms with E-state index in [-0.39, 0.29) is 5.91 Å². The third kappa shape index (κ3) is 4.25. The number of anilines is 2. The van der Waals surface area contributed by atoms with Crippen molar-refractivity contribution in [1.29, 1.82) is 5.26 Å². The first kappa shape index (κ1) is 18.3. The zero-order valence-corrected chi connectivity index (χ0v) is 15.6. The van der Waals surface area contributed by atoms with Crippen molar-refractivity contribution >= 4 is 28.3 Å². The molecule has 1 amide bonds. The highest BCUT2D eigenvalue weighted by Crippen LogP contribution is 2.18. The summed E-state index contributed by atoms with van der Waals surface area (Å²) < 4.78 is 0. The smallest absolute Gasteiger partial charge is 0.251 e. The number of carbonyl (C=O) groups is 1. The number of H-pyrrole nitrogens is 1. The molecule has 0 fully saturated rings. The Bertz CT molecular complexity index is 1190. The molecule has 6 heteroatoms. The van der Waals surface area contributed by atoms with Crippen molar-refractivity contribution in [2.45, 2.75) is 6.42 Å². The van der Waals surface area contributed by atoms with Gasteiger partial charge in [0.1, 0.15) is 5.82 Å². The van der Waals surface area contributed by atoms with Gasteiger partial charge in [0, 0.05) is 41.1 Å². The molecule has 0 radical (unpaired) electrons. The topological polar surface area (TPSA) is 93.6 Å². The van der Waals surface area contributed by atoms with Crippen molar-refractivity contribution < 1.29 is 4.79 Å². The van der Waals surface area contributed by atoms with Gasteiger partial charge in [0.15, 0.2) is 0 Å². The number of amides is 1. The average Bonchev–Trinajstić information content (AvgIpc) is 3.18. The molecule has 0 bridgehead atoms. The third-order valence-electron chi connectivity index (χ3n) is 4.66. The minimum absolute atomic E-state index is 0.143. The van der Waals surface area contributed by atoms with Crippen LogP contribution in [-0.4, -0.2) is 22.4 Å². The van der Waals surface area contributed by atoms with Crippen LogP contribution in [0.2, 0.25) is 0 Å². The van der Waals surface area contributed by atoms with E-state index in [4.69, 9.17) is 5.26 Å². The molecule has 4 aromatic rings. The monoisotopic (exact) mass is 381 g/mol. The van der Waals surface area contributed by atoms with Crippen molar-refractivity contribution in [3.63, 3.8) is 0 Å². The second-order valence-electron chi connectivity index (χ2n) is 6.61. The Kier molecular flexibility index (Phi) is 5.21. The van der Waals surface area contributed by atoms with Crippen LogP contribution in [-0.2, 0) is 6.42 Å². The van der Waals surface area contributed by atoms with Gasteiger partial charge in [0.2, 0.25) is 0 Å². The molecule has 0 aliphatic carbocycles. The van der Waals surface area contributed by atoms with Crippen LogP contribution in [0.5, 0.6) is 0 Å². The highest BCUT2D eigenvalue weighted by atomic mass is 16.1. The Labute approximate surface area is 168 Å². The molecule has 0 aliphatic rings. The summed E-state index contributed by atoms with van der Waals surface area (Å²) in [6.07, 6.45) is 4.33. The van der Waals surface area contributed by atoms with Gasteiger partial charge in [0.25, 0.3) is 5.91 Å². The molecule has 0 aliphatic heterocycles. The summed E-state index contributed by atoms with van der Waals surface area (Å²) in [5.41, 5.74) is 4.20. The van der Waals surface area contributed by atoms with Gasteiger partial charge in [-0.05, 0) is 54.4 Å². The van der Waals surface area contributed by atoms with Crippen molar-refractivity contribution in [2.75, 3.05) is 11.9 Å². The van der Waals surface area contributed by atoms with Gasteiger partial charge >= 0.3 is 0 Å². The number of nitriles is 1. The van der Waals surface area contributed by atoms with Crippen LogP contribution in [0.25, 0.3) is 10.9 Å². The second kappa shape index (κ2) is 8.28. The summed E-state index contributed by atoms with van der Waals surface area (Å²) in [5.74, 6) is 0.425. The Hall–Kier alpha value is -4.11. The number of fused-ring (bicyclic) bond motifs is 1. The molecule has 3 N–H and O–H groups in total. The Morgan fingerprint density at radius 2 is 1.93 bits per heavy atom. The lowest BCUT2D eigenvalue weighted by atomic mass is 10.1. The van der Waals surface area contributed by atoms with E-state index in [9.17, 15) is 4.79 Å². The van der Waals surface area contributed by atoms with E-state index in [1.165, 1.54) is 10.9 Å². The molecule has 0 saturated carbocycles. The van der Waals surface area contributed by atoms with Crippen LogP contribution in [0.1, 0.15) is 21.5 Å². The number of rotatable bonds is 6. The summed E-state index contributed by atoms with van der Waals surface area (Å²) in [5, 5.41) is 16.2. The zero-order chi connectivity index (χ0) is 20.1. The molecule has 0 atom stereocenters. The minimum atomic E-state index is -0.143. The van der Waals surface area contributed by atoms with E-state index in [0.717, 1.165) is 17.6 Å². The van der Waals surface area contributed by atoms with Gasteiger partial charge in [-0.1, -0.05) is 18.2 Å². The molecular formula is C23H19N5O. The quantitative estimate of drug-likeness (QED) is 0.468. The van der Waals surface area contributed by atoms with E-state index >= 15 is 0 Å².